The number of nitriles is 1. The van der Waals surface area contributed by atoms with E-state index in [0.717, 1.165) is 6.42 Å². The van der Waals surface area contributed by atoms with Crippen LogP contribution in [0.2, 0.25) is 0 Å². The van der Waals surface area contributed by atoms with Crippen molar-refractivity contribution in [3.8, 4) is 6.07 Å². The van der Waals surface area contributed by atoms with Crippen molar-refractivity contribution < 1.29 is 54.8 Å². The fourth-order valence-corrected chi connectivity index (χ4v) is 6.54. The summed E-state index contributed by atoms with van der Waals surface area (Å²) in [5.41, 5.74) is -1.66. The van der Waals surface area contributed by atoms with Crippen molar-refractivity contribution in [2.45, 2.75) is 80.5 Å². The van der Waals surface area contributed by atoms with Crippen molar-refractivity contribution in [3.05, 3.63) is 18.6 Å². The van der Waals surface area contributed by atoms with Crippen LogP contribution in [-0.4, -0.2) is 156 Å². The van der Waals surface area contributed by atoms with Crippen molar-refractivity contribution >= 4 is 22.8 Å². The molecule has 0 spiro atoms. The molecule has 5 rings (SSSR count). The highest BCUT2D eigenvalue weighted by Crippen LogP contribution is 2.41. The van der Waals surface area contributed by atoms with Gasteiger partial charge in [0.05, 0.1) is 37.3 Å². The zero-order valence-electron chi connectivity index (χ0n) is 24.9. The first-order valence-electron chi connectivity index (χ1n) is 14.8. The molecule has 248 valence electrons. The Balaban J connectivity index is 1.44. The lowest BCUT2D eigenvalue weighted by atomic mass is 9.92. The largest absolute Gasteiger partial charge is 0.394 e. The first kappa shape index (κ1) is 33.3. The van der Waals surface area contributed by atoms with E-state index in [1.54, 1.807) is 11.0 Å². The van der Waals surface area contributed by atoms with Gasteiger partial charge in [-0.25, -0.2) is 9.97 Å². The summed E-state index contributed by atoms with van der Waals surface area (Å²) in [5.74, 6) is 0.458. The number of rotatable bonds is 9. The van der Waals surface area contributed by atoms with Crippen molar-refractivity contribution in [3.63, 3.8) is 0 Å². The van der Waals surface area contributed by atoms with E-state index >= 15 is 0 Å². The molecule has 45 heavy (non-hydrogen) atoms. The monoisotopic (exact) mass is 636 g/mol. The molecule has 5 heterocycles. The summed E-state index contributed by atoms with van der Waals surface area (Å²) in [7, 11) is 1.84. The molecule has 17 nitrogen and oxygen atoms in total. The number of aliphatic hydroxyl groups excluding tert-OH is 7. The zero-order chi connectivity index (χ0) is 32.6. The van der Waals surface area contributed by atoms with Gasteiger partial charge in [0, 0.05) is 26.3 Å². The number of aliphatic hydroxyl groups is 7. The highest BCUT2D eigenvalue weighted by molar-refractivity contribution is 5.88. The summed E-state index contributed by atoms with van der Waals surface area (Å²) in [6.45, 7) is 0.844. The minimum atomic E-state index is -1.93. The lowest BCUT2D eigenvalue weighted by Crippen LogP contribution is -2.60. The lowest BCUT2D eigenvalue weighted by molar-refractivity contribution is -0.318. The van der Waals surface area contributed by atoms with Crippen LogP contribution in [0, 0.1) is 17.2 Å². The van der Waals surface area contributed by atoms with Gasteiger partial charge in [0.1, 0.15) is 66.9 Å². The maximum absolute atomic E-state index is 12.5. The molecule has 0 bridgehead atoms. The summed E-state index contributed by atoms with van der Waals surface area (Å²) >= 11 is 0. The lowest BCUT2D eigenvalue weighted by Gasteiger charge is -2.42. The van der Waals surface area contributed by atoms with Gasteiger partial charge in [-0.1, -0.05) is 6.92 Å². The van der Waals surface area contributed by atoms with Crippen LogP contribution in [0.15, 0.2) is 18.6 Å². The van der Waals surface area contributed by atoms with Crippen molar-refractivity contribution in [1.29, 1.82) is 5.26 Å². The van der Waals surface area contributed by atoms with Gasteiger partial charge in [-0.15, -0.1) is 0 Å². The van der Waals surface area contributed by atoms with Crippen molar-refractivity contribution in [2.24, 2.45) is 5.92 Å². The Morgan fingerprint density at radius 2 is 1.89 bits per heavy atom. The third-order valence-electron chi connectivity index (χ3n) is 9.24. The number of aromatic nitrogens is 3. The molecule has 7 N–H and O–H groups in total. The molecule has 0 saturated carbocycles. The Morgan fingerprint density at radius 3 is 2.56 bits per heavy atom. The van der Waals surface area contributed by atoms with Gasteiger partial charge in [-0.3, -0.25) is 9.36 Å². The molecule has 0 radical (unpaired) electrons. The van der Waals surface area contributed by atoms with E-state index in [0.29, 0.717) is 24.3 Å². The Bertz CT molecular complexity index is 1390. The quantitative estimate of drug-likeness (QED) is 0.142. The van der Waals surface area contributed by atoms with E-state index in [4.69, 9.17) is 19.5 Å². The van der Waals surface area contributed by atoms with Crippen LogP contribution in [0.25, 0.3) is 11.0 Å². The molecule has 2 aromatic heterocycles. The normalized spacial score (nSPS) is 37.1. The van der Waals surface area contributed by atoms with Crippen LogP contribution >= 0.6 is 0 Å². The number of carbonyl (C=O) groups excluding carboxylic acids is 1. The second kappa shape index (κ2) is 13.4. The van der Waals surface area contributed by atoms with Gasteiger partial charge in [-0.2, -0.15) is 5.26 Å². The van der Waals surface area contributed by atoms with E-state index < -0.39 is 74.6 Å². The molecule has 3 aliphatic rings. The maximum Gasteiger partial charge on any atom is 0.236 e. The van der Waals surface area contributed by atoms with Crippen LogP contribution in [0.5, 0.6) is 0 Å². The van der Waals surface area contributed by atoms with Crippen molar-refractivity contribution in [1.82, 2.24) is 19.4 Å². The van der Waals surface area contributed by atoms with Gasteiger partial charge in [-0.05, 0) is 18.4 Å². The average Bonchev–Trinajstić information content (AvgIpc) is 3.60. The van der Waals surface area contributed by atoms with E-state index in [1.807, 2.05) is 18.0 Å². The molecule has 3 fully saturated rings. The number of hydrogen-bond donors (Lipinski definition) is 7. The fourth-order valence-electron chi connectivity index (χ4n) is 6.54. The molecule has 3 saturated heterocycles. The Morgan fingerprint density at radius 1 is 1.16 bits per heavy atom. The third kappa shape index (κ3) is 5.76. The molecular formula is C28H40N6O11. The predicted molar refractivity (Wildman–Crippen MR) is 152 cm³/mol. The molecule has 0 aromatic carbocycles. The van der Waals surface area contributed by atoms with Gasteiger partial charge in [0.15, 0.2) is 12.0 Å². The van der Waals surface area contributed by atoms with Gasteiger partial charge >= 0.3 is 0 Å². The Kier molecular flexibility index (Phi) is 9.91. The highest BCUT2D eigenvalue weighted by Gasteiger charge is 2.58. The zero-order valence-corrected chi connectivity index (χ0v) is 24.9. The number of piperidine rings is 1. The van der Waals surface area contributed by atoms with Crippen molar-refractivity contribution in [2.75, 3.05) is 44.9 Å². The molecule has 0 unspecified atom stereocenters. The molecule has 3 aliphatic heterocycles. The summed E-state index contributed by atoms with van der Waals surface area (Å²) < 4.78 is 18.7. The second-order valence-corrected chi connectivity index (χ2v) is 11.8. The van der Waals surface area contributed by atoms with E-state index in [-0.39, 0.29) is 29.9 Å². The summed E-state index contributed by atoms with van der Waals surface area (Å²) in [4.78, 5) is 25.0. The van der Waals surface area contributed by atoms with E-state index in [1.165, 1.54) is 17.1 Å². The molecule has 17 heteroatoms. The minimum Gasteiger partial charge on any atom is -0.394 e. The van der Waals surface area contributed by atoms with Crippen LogP contribution in [-0.2, 0) is 24.7 Å². The standard InChI is InChI=1S/C28H40N6O11/c1-14-4-7-33(19(38)3-6-29)9-16(14)32(2)25-15-5-8-34(26(15)31-13-30-25)28(12-37)24(42)23(18(11-36)45-28)44-27-22(41)21(40)20(39)17(10-35)43-27/h5,8,13-14,16-18,20-24,27,35-37,39-42H,3-4,7,9-12H2,1-2H3/t14-,16+,17-,18-,20+,21+,22-,23-,24+,27+,28-/m1/s1. The number of amides is 1. The maximum atomic E-state index is 12.5. The van der Waals surface area contributed by atoms with Crippen LogP contribution in [0.1, 0.15) is 19.8 Å². The van der Waals surface area contributed by atoms with Gasteiger partial charge < -0.3 is 59.8 Å². The number of anilines is 1. The first-order valence-corrected chi connectivity index (χ1v) is 14.8. The predicted octanol–water partition coefficient (Wildman–Crippen LogP) is -3.40. The minimum absolute atomic E-state index is 0.141. The summed E-state index contributed by atoms with van der Waals surface area (Å²) in [6.07, 6.45) is -9.01. The third-order valence-corrected chi connectivity index (χ3v) is 9.24. The summed E-state index contributed by atoms with van der Waals surface area (Å²) in [6, 6.07) is 3.45. The van der Waals surface area contributed by atoms with Crippen LogP contribution in [0.3, 0.4) is 0 Å². The SMILES string of the molecule is C[C@@H]1CCN(C(=O)CC#N)C[C@@H]1N(C)c1ncnc2c1ccn2[C@]1(CO)O[C@H](CO)[C@@H](O[C@@H]2O[C@H](CO)[C@H](O)[C@H](O)[C@H]2O)[C@@H]1O. The topological polar surface area (TPSA) is 247 Å². The number of likely N-dealkylation sites (N-methyl/N-ethyl adjacent to an activating group) is 1. The fraction of sp³-hybridized carbons (Fsp3) is 0.714. The Labute approximate surface area is 258 Å². The Hall–Kier alpha value is -3.02. The van der Waals surface area contributed by atoms with Crippen LogP contribution in [0.4, 0.5) is 5.82 Å². The number of likely N-dealkylation sites (tertiary alicyclic amines) is 1. The number of carbonyl (C=O) groups is 1. The molecular weight excluding hydrogens is 596 g/mol. The summed E-state index contributed by atoms with van der Waals surface area (Å²) in [5, 5.41) is 82.2. The number of ether oxygens (including phenoxy) is 3. The van der Waals surface area contributed by atoms with Gasteiger partial charge in [0.25, 0.3) is 0 Å². The van der Waals surface area contributed by atoms with Crippen LogP contribution < -0.4 is 4.90 Å². The smallest absolute Gasteiger partial charge is 0.236 e. The number of hydrogen-bond acceptors (Lipinski definition) is 15. The number of fused-ring (bicyclic) bond motifs is 1. The highest BCUT2D eigenvalue weighted by atomic mass is 16.7. The molecule has 11 atom stereocenters. The molecule has 0 aliphatic carbocycles. The molecule has 1 amide bonds. The van der Waals surface area contributed by atoms with Gasteiger partial charge in [0.2, 0.25) is 5.91 Å². The molecule has 2 aromatic rings. The number of nitrogens with zero attached hydrogens (tertiary/aromatic N) is 6. The second-order valence-electron chi connectivity index (χ2n) is 11.8. The average molecular weight is 637 g/mol. The van der Waals surface area contributed by atoms with E-state index in [2.05, 4.69) is 16.9 Å². The first-order chi connectivity index (χ1) is 21.5. The van der Waals surface area contributed by atoms with E-state index in [9.17, 15) is 40.5 Å².